The zero-order valence-corrected chi connectivity index (χ0v) is 16.7. The van der Waals surface area contributed by atoms with Gasteiger partial charge >= 0.3 is 0 Å². The van der Waals surface area contributed by atoms with Crippen molar-refractivity contribution in [3.63, 3.8) is 0 Å². The number of halogens is 1. The lowest BCUT2D eigenvalue weighted by Gasteiger charge is -2.12. The van der Waals surface area contributed by atoms with Crippen LogP contribution in [-0.2, 0) is 17.7 Å². The van der Waals surface area contributed by atoms with Gasteiger partial charge in [0.25, 0.3) is 0 Å². The molecular weight excluding hydrogens is 408 g/mol. The van der Waals surface area contributed by atoms with Crippen molar-refractivity contribution in [1.29, 1.82) is 0 Å². The fourth-order valence-corrected chi connectivity index (χ4v) is 3.58. The lowest BCUT2D eigenvalue weighted by atomic mass is 10.00. The quantitative estimate of drug-likeness (QED) is 0.586. The van der Waals surface area contributed by atoms with E-state index in [1.807, 2.05) is 6.20 Å². The smallest absolute Gasteiger partial charge is 0.165 e. The molecule has 0 radical (unpaired) electrons. The molecule has 7 nitrogen and oxygen atoms in total. The summed E-state index contributed by atoms with van der Waals surface area (Å²) < 4.78 is 7.48. The van der Waals surface area contributed by atoms with Crippen LogP contribution in [0.4, 0.5) is 5.82 Å². The predicted octanol–water partition coefficient (Wildman–Crippen LogP) is 2.83. The van der Waals surface area contributed by atoms with Gasteiger partial charge < -0.3 is 15.8 Å². The molecule has 0 bridgehead atoms. The molecule has 8 heteroatoms. The number of aryl methyl sites for hydroxylation is 1. The van der Waals surface area contributed by atoms with E-state index in [1.165, 1.54) is 0 Å². The Balaban J connectivity index is 1.74. The summed E-state index contributed by atoms with van der Waals surface area (Å²) in [6, 6.07) is 2.14. The van der Waals surface area contributed by atoms with Gasteiger partial charge in [0, 0.05) is 43.2 Å². The van der Waals surface area contributed by atoms with Crippen LogP contribution in [0, 0.1) is 0 Å². The number of hydrogen-bond acceptors (Lipinski definition) is 6. The number of nitrogens with two attached hydrogens (primary N) is 1. The normalized spacial score (nSPS) is 13.3. The summed E-state index contributed by atoms with van der Waals surface area (Å²) in [7, 11) is 1.68. The number of nitrogens with zero attached hydrogens (tertiary/aromatic N) is 4. The Morgan fingerprint density at radius 2 is 2.26 bits per heavy atom. The summed E-state index contributed by atoms with van der Waals surface area (Å²) in [5.41, 5.74) is 12.0. The SMILES string of the molecule is COCCNCc1nc2c(-c3cnc4c(c3)C=CCC4)cnn2c(N)c1Br. The molecule has 27 heavy (non-hydrogen) atoms. The van der Waals surface area contributed by atoms with Crippen molar-refractivity contribution >= 4 is 33.5 Å². The largest absolute Gasteiger partial charge is 0.383 e. The van der Waals surface area contributed by atoms with Crippen LogP contribution in [0.1, 0.15) is 23.4 Å². The number of methoxy groups -OCH3 is 1. The summed E-state index contributed by atoms with van der Waals surface area (Å²) in [5, 5.41) is 7.73. The first kappa shape index (κ1) is 18.1. The molecule has 0 aliphatic heterocycles. The maximum absolute atomic E-state index is 6.29. The van der Waals surface area contributed by atoms with Gasteiger partial charge in [0.05, 0.1) is 23.0 Å². The summed E-state index contributed by atoms with van der Waals surface area (Å²) in [6.45, 7) is 1.96. The van der Waals surface area contributed by atoms with Crippen LogP contribution >= 0.6 is 15.9 Å². The van der Waals surface area contributed by atoms with Gasteiger partial charge in [0.15, 0.2) is 5.65 Å². The molecule has 4 rings (SSSR count). The fourth-order valence-electron chi connectivity index (χ4n) is 3.19. The minimum atomic E-state index is 0.528. The Labute approximate surface area is 165 Å². The number of hydrogen-bond donors (Lipinski definition) is 2. The van der Waals surface area contributed by atoms with Crippen LogP contribution in [0.25, 0.3) is 22.9 Å². The summed E-state index contributed by atoms with van der Waals surface area (Å²) >= 11 is 3.54. The van der Waals surface area contributed by atoms with Gasteiger partial charge in [-0.2, -0.15) is 9.61 Å². The Morgan fingerprint density at radius 3 is 3.11 bits per heavy atom. The first-order valence-electron chi connectivity index (χ1n) is 8.86. The van der Waals surface area contributed by atoms with E-state index in [0.29, 0.717) is 19.0 Å². The number of anilines is 1. The fraction of sp³-hybridized carbons (Fsp3) is 0.316. The standard InChI is InChI=1S/C19H21BrN6O/c1-27-7-6-22-11-16-17(20)18(21)26-19(25-16)14(10-24-26)13-8-12-4-2-3-5-15(12)23-9-13/h2,4,8-10,22H,3,5-7,11,21H2,1H3. The molecular formula is C19H21BrN6O. The van der Waals surface area contributed by atoms with Gasteiger partial charge in [0.2, 0.25) is 0 Å². The molecule has 0 fully saturated rings. The second kappa shape index (κ2) is 7.75. The second-order valence-electron chi connectivity index (χ2n) is 6.42. The van der Waals surface area contributed by atoms with E-state index in [0.717, 1.165) is 57.6 Å². The molecule has 0 saturated carbocycles. The van der Waals surface area contributed by atoms with E-state index >= 15 is 0 Å². The molecule has 0 aromatic carbocycles. The van der Waals surface area contributed by atoms with Crippen LogP contribution in [-0.4, -0.2) is 39.8 Å². The summed E-state index contributed by atoms with van der Waals surface area (Å²) in [4.78, 5) is 9.44. The highest BCUT2D eigenvalue weighted by atomic mass is 79.9. The molecule has 0 unspecified atom stereocenters. The maximum atomic E-state index is 6.29. The zero-order chi connectivity index (χ0) is 18.8. The van der Waals surface area contributed by atoms with E-state index in [9.17, 15) is 0 Å². The Kier molecular flexibility index (Phi) is 5.20. The molecule has 1 aliphatic carbocycles. The number of allylic oxidation sites excluding steroid dienone is 1. The third kappa shape index (κ3) is 3.47. The van der Waals surface area contributed by atoms with Crippen molar-refractivity contribution in [3.05, 3.63) is 46.0 Å². The van der Waals surface area contributed by atoms with Gasteiger partial charge in [-0.05, 0) is 40.4 Å². The monoisotopic (exact) mass is 428 g/mol. The van der Waals surface area contributed by atoms with Gasteiger partial charge in [-0.15, -0.1) is 0 Å². The van der Waals surface area contributed by atoms with Crippen LogP contribution in [0.2, 0.25) is 0 Å². The Hall–Kier alpha value is -2.29. The highest BCUT2D eigenvalue weighted by Gasteiger charge is 2.17. The number of nitrogen functional groups attached to an aromatic ring is 1. The molecule has 3 heterocycles. The van der Waals surface area contributed by atoms with Crippen LogP contribution < -0.4 is 11.1 Å². The lowest BCUT2D eigenvalue weighted by molar-refractivity contribution is 0.199. The Morgan fingerprint density at radius 1 is 1.37 bits per heavy atom. The zero-order valence-electron chi connectivity index (χ0n) is 15.1. The van der Waals surface area contributed by atoms with Crippen LogP contribution in [0.15, 0.2) is 29.0 Å². The van der Waals surface area contributed by atoms with Crippen molar-refractivity contribution in [2.45, 2.75) is 19.4 Å². The first-order chi connectivity index (χ1) is 13.2. The van der Waals surface area contributed by atoms with Crippen molar-refractivity contribution in [1.82, 2.24) is 24.9 Å². The van der Waals surface area contributed by atoms with E-state index in [-0.39, 0.29) is 0 Å². The minimum absolute atomic E-state index is 0.528. The van der Waals surface area contributed by atoms with Gasteiger partial charge in [-0.1, -0.05) is 12.2 Å². The first-order valence-corrected chi connectivity index (χ1v) is 9.65. The molecule has 140 valence electrons. The number of aromatic nitrogens is 4. The molecule has 3 aromatic rings. The van der Waals surface area contributed by atoms with E-state index in [1.54, 1.807) is 17.8 Å². The van der Waals surface area contributed by atoms with Gasteiger partial charge in [0.1, 0.15) is 5.82 Å². The highest BCUT2D eigenvalue weighted by Crippen LogP contribution is 2.31. The number of fused-ring (bicyclic) bond motifs is 2. The van der Waals surface area contributed by atoms with Crippen molar-refractivity contribution in [2.75, 3.05) is 26.0 Å². The Bertz CT molecular complexity index is 1010. The minimum Gasteiger partial charge on any atom is -0.383 e. The van der Waals surface area contributed by atoms with Gasteiger partial charge in [-0.25, -0.2) is 4.98 Å². The van der Waals surface area contributed by atoms with Crippen molar-refractivity contribution in [3.8, 4) is 11.1 Å². The number of rotatable bonds is 6. The molecule has 0 saturated heterocycles. The van der Waals surface area contributed by atoms with Crippen molar-refractivity contribution in [2.24, 2.45) is 0 Å². The van der Waals surface area contributed by atoms with E-state index in [4.69, 9.17) is 15.5 Å². The maximum Gasteiger partial charge on any atom is 0.165 e. The molecule has 0 amide bonds. The van der Waals surface area contributed by atoms with Crippen LogP contribution in [0.5, 0.6) is 0 Å². The summed E-state index contributed by atoms with van der Waals surface area (Å²) in [5.74, 6) is 0.528. The second-order valence-corrected chi connectivity index (χ2v) is 7.21. The number of ether oxygens (including phenoxy) is 1. The molecule has 1 aliphatic rings. The number of nitrogens with one attached hydrogen (secondary N) is 1. The number of pyridine rings is 1. The molecule has 0 spiro atoms. The third-order valence-corrected chi connectivity index (χ3v) is 5.49. The predicted molar refractivity (Wildman–Crippen MR) is 109 cm³/mol. The van der Waals surface area contributed by atoms with Crippen molar-refractivity contribution < 1.29 is 4.74 Å². The lowest BCUT2D eigenvalue weighted by Crippen LogP contribution is -2.20. The van der Waals surface area contributed by atoms with E-state index < -0.39 is 0 Å². The molecule has 0 atom stereocenters. The summed E-state index contributed by atoms with van der Waals surface area (Å²) in [6.07, 6.45) is 10.0. The highest BCUT2D eigenvalue weighted by molar-refractivity contribution is 9.10. The molecule has 3 N–H and O–H groups in total. The molecule has 3 aromatic heterocycles. The van der Waals surface area contributed by atoms with E-state index in [2.05, 4.69) is 49.5 Å². The van der Waals surface area contributed by atoms with Crippen LogP contribution in [0.3, 0.4) is 0 Å². The average molecular weight is 429 g/mol. The van der Waals surface area contributed by atoms with Gasteiger partial charge in [-0.3, -0.25) is 4.98 Å². The average Bonchev–Trinajstić information content (AvgIpc) is 3.12. The third-order valence-electron chi connectivity index (χ3n) is 4.63. The topological polar surface area (TPSA) is 90.4 Å².